The third-order valence-electron chi connectivity index (χ3n) is 5.28. The molecule has 28 heavy (non-hydrogen) atoms. The van der Waals surface area contributed by atoms with Gasteiger partial charge in [-0.2, -0.15) is 0 Å². The fourth-order valence-electron chi connectivity index (χ4n) is 3.79. The van der Waals surface area contributed by atoms with Gasteiger partial charge in [-0.1, -0.05) is 36.4 Å². The number of benzene rings is 2. The summed E-state index contributed by atoms with van der Waals surface area (Å²) in [6.07, 6.45) is 2.04. The summed E-state index contributed by atoms with van der Waals surface area (Å²) in [5, 5.41) is 0. The number of piperidine rings is 1. The maximum Gasteiger partial charge on any atom is 0.253 e. The van der Waals surface area contributed by atoms with Crippen LogP contribution in [0, 0.1) is 0 Å². The van der Waals surface area contributed by atoms with Crippen molar-refractivity contribution in [3.05, 3.63) is 84.1 Å². The number of pyridine rings is 1. The highest BCUT2D eigenvalue weighted by atomic mass is 16.5. The number of hydrogen-bond donors (Lipinski definition) is 0. The second-order valence-electron chi connectivity index (χ2n) is 7.14. The minimum absolute atomic E-state index is 0.106. The highest BCUT2D eigenvalue weighted by molar-refractivity contribution is 5.94. The van der Waals surface area contributed by atoms with Gasteiger partial charge in [0, 0.05) is 35.8 Å². The van der Waals surface area contributed by atoms with E-state index in [1.54, 1.807) is 7.11 Å². The van der Waals surface area contributed by atoms with Gasteiger partial charge in [-0.15, -0.1) is 0 Å². The Kier molecular flexibility index (Phi) is 5.38. The van der Waals surface area contributed by atoms with Crippen molar-refractivity contribution in [3.8, 4) is 17.0 Å². The molecule has 1 aliphatic heterocycles. The number of likely N-dealkylation sites (tertiary alicyclic amines) is 1. The number of hydrogen-bond acceptors (Lipinski definition) is 3. The second-order valence-corrected chi connectivity index (χ2v) is 7.14. The SMILES string of the molecule is COc1cccc(-c2cccc(C3CCCN(C(=O)c4ccccc4)C3)n2)c1. The fourth-order valence-corrected chi connectivity index (χ4v) is 3.79. The number of nitrogens with zero attached hydrogens (tertiary/aromatic N) is 2. The Hall–Kier alpha value is -3.14. The molecule has 2 aromatic carbocycles. The third-order valence-corrected chi connectivity index (χ3v) is 5.28. The predicted octanol–water partition coefficient (Wildman–Crippen LogP) is 4.78. The van der Waals surface area contributed by atoms with E-state index >= 15 is 0 Å². The highest BCUT2D eigenvalue weighted by Crippen LogP contribution is 2.29. The average molecular weight is 372 g/mol. The van der Waals surface area contributed by atoms with Crippen molar-refractivity contribution in [2.45, 2.75) is 18.8 Å². The molecule has 4 nitrogen and oxygen atoms in total. The van der Waals surface area contributed by atoms with Crippen molar-refractivity contribution in [1.82, 2.24) is 9.88 Å². The van der Waals surface area contributed by atoms with Gasteiger partial charge in [0.15, 0.2) is 0 Å². The summed E-state index contributed by atoms with van der Waals surface area (Å²) in [5.74, 6) is 1.18. The monoisotopic (exact) mass is 372 g/mol. The Labute approximate surface area is 165 Å². The van der Waals surface area contributed by atoms with Crippen LogP contribution in [0.15, 0.2) is 72.8 Å². The second kappa shape index (κ2) is 8.26. The zero-order valence-corrected chi connectivity index (χ0v) is 16.0. The number of methoxy groups -OCH3 is 1. The van der Waals surface area contributed by atoms with Crippen LogP contribution < -0.4 is 4.74 Å². The van der Waals surface area contributed by atoms with E-state index in [0.29, 0.717) is 6.54 Å². The van der Waals surface area contributed by atoms with Gasteiger partial charge in [0.2, 0.25) is 0 Å². The van der Waals surface area contributed by atoms with Crippen LogP contribution >= 0.6 is 0 Å². The summed E-state index contributed by atoms with van der Waals surface area (Å²) in [7, 11) is 1.67. The zero-order chi connectivity index (χ0) is 19.3. The van der Waals surface area contributed by atoms with E-state index in [0.717, 1.165) is 47.7 Å². The molecule has 1 aliphatic rings. The Balaban J connectivity index is 1.55. The van der Waals surface area contributed by atoms with Gasteiger partial charge in [0.25, 0.3) is 5.91 Å². The molecule has 3 aromatic rings. The van der Waals surface area contributed by atoms with Crippen molar-refractivity contribution in [1.29, 1.82) is 0 Å². The number of aromatic nitrogens is 1. The number of rotatable bonds is 4. The molecule has 1 unspecified atom stereocenters. The maximum absolute atomic E-state index is 12.8. The number of ether oxygens (including phenoxy) is 1. The van der Waals surface area contributed by atoms with E-state index in [-0.39, 0.29) is 11.8 Å². The van der Waals surface area contributed by atoms with Gasteiger partial charge < -0.3 is 9.64 Å². The van der Waals surface area contributed by atoms with Gasteiger partial charge in [-0.25, -0.2) is 0 Å². The normalized spacial score (nSPS) is 16.6. The molecule has 0 bridgehead atoms. The lowest BCUT2D eigenvalue weighted by Crippen LogP contribution is -2.39. The Morgan fingerprint density at radius 2 is 1.86 bits per heavy atom. The van der Waals surface area contributed by atoms with E-state index in [2.05, 4.69) is 12.1 Å². The molecule has 0 saturated carbocycles. The molecule has 4 rings (SSSR count). The summed E-state index contributed by atoms with van der Waals surface area (Å²) in [6.45, 7) is 1.52. The van der Waals surface area contributed by atoms with E-state index < -0.39 is 0 Å². The van der Waals surface area contributed by atoms with Gasteiger partial charge in [-0.05, 0) is 49.2 Å². The van der Waals surface area contributed by atoms with Crippen LogP contribution in [0.3, 0.4) is 0 Å². The van der Waals surface area contributed by atoms with Gasteiger partial charge >= 0.3 is 0 Å². The molecular weight excluding hydrogens is 348 g/mol. The van der Waals surface area contributed by atoms with E-state index in [4.69, 9.17) is 9.72 Å². The number of carbonyl (C=O) groups is 1. The average Bonchev–Trinajstić information content (AvgIpc) is 2.79. The topological polar surface area (TPSA) is 42.4 Å². The molecule has 1 saturated heterocycles. The van der Waals surface area contributed by atoms with Crippen molar-refractivity contribution in [3.63, 3.8) is 0 Å². The van der Waals surface area contributed by atoms with Crippen LogP contribution in [-0.4, -0.2) is 36.0 Å². The predicted molar refractivity (Wildman–Crippen MR) is 111 cm³/mol. The van der Waals surface area contributed by atoms with Gasteiger partial charge in [-0.3, -0.25) is 9.78 Å². The van der Waals surface area contributed by atoms with E-state index in [1.165, 1.54) is 0 Å². The van der Waals surface area contributed by atoms with Gasteiger partial charge in [0.1, 0.15) is 5.75 Å². The fraction of sp³-hybridized carbons (Fsp3) is 0.250. The molecule has 4 heteroatoms. The Morgan fingerprint density at radius 3 is 2.68 bits per heavy atom. The molecular formula is C24H24N2O2. The van der Waals surface area contributed by atoms with Crippen molar-refractivity contribution in [2.24, 2.45) is 0 Å². The number of amides is 1. The largest absolute Gasteiger partial charge is 0.497 e. The molecule has 1 aromatic heterocycles. The smallest absolute Gasteiger partial charge is 0.253 e. The van der Waals surface area contributed by atoms with Crippen LogP contribution in [0.25, 0.3) is 11.3 Å². The van der Waals surface area contributed by atoms with Crippen molar-refractivity contribution >= 4 is 5.91 Å². The molecule has 1 fully saturated rings. The first kappa shape index (κ1) is 18.2. The molecule has 1 amide bonds. The molecule has 1 atom stereocenters. The quantitative estimate of drug-likeness (QED) is 0.662. The first-order valence-corrected chi connectivity index (χ1v) is 9.70. The maximum atomic E-state index is 12.8. The van der Waals surface area contributed by atoms with E-state index in [9.17, 15) is 4.79 Å². The molecule has 2 heterocycles. The molecule has 0 aliphatic carbocycles. The molecule has 0 radical (unpaired) electrons. The molecule has 0 N–H and O–H groups in total. The third kappa shape index (κ3) is 3.91. The van der Waals surface area contributed by atoms with Crippen LogP contribution in [0.4, 0.5) is 0 Å². The first-order valence-electron chi connectivity index (χ1n) is 9.70. The Morgan fingerprint density at radius 1 is 1.04 bits per heavy atom. The number of carbonyl (C=O) groups excluding carboxylic acids is 1. The minimum atomic E-state index is 0.106. The lowest BCUT2D eigenvalue weighted by atomic mass is 9.93. The summed E-state index contributed by atoms with van der Waals surface area (Å²) in [4.78, 5) is 19.7. The Bertz CT molecular complexity index is 956. The van der Waals surface area contributed by atoms with Crippen LogP contribution in [0.2, 0.25) is 0 Å². The van der Waals surface area contributed by atoms with Gasteiger partial charge in [0.05, 0.1) is 12.8 Å². The summed E-state index contributed by atoms with van der Waals surface area (Å²) in [5.41, 5.74) is 3.77. The first-order chi connectivity index (χ1) is 13.7. The van der Waals surface area contributed by atoms with Crippen LogP contribution in [-0.2, 0) is 0 Å². The van der Waals surface area contributed by atoms with Crippen molar-refractivity contribution in [2.75, 3.05) is 20.2 Å². The van der Waals surface area contributed by atoms with Crippen LogP contribution in [0.1, 0.15) is 34.8 Å². The molecule has 142 valence electrons. The zero-order valence-electron chi connectivity index (χ0n) is 16.0. The highest BCUT2D eigenvalue weighted by Gasteiger charge is 2.26. The van der Waals surface area contributed by atoms with Crippen molar-refractivity contribution < 1.29 is 9.53 Å². The summed E-state index contributed by atoms with van der Waals surface area (Å²) < 4.78 is 5.33. The van der Waals surface area contributed by atoms with Crippen LogP contribution in [0.5, 0.6) is 5.75 Å². The summed E-state index contributed by atoms with van der Waals surface area (Å²) >= 11 is 0. The lowest BCUT2D eigenvalue weighted by molar-refractivity contribution is 0.0706. The lowest BCUT2D eigenvalue weighted by Gasteiger charge is -2.32. The minimum Gasteiger partial charge on any atom is -0.497 e. The molecule has 0 spiro atoms. The standard InChI is InChI=1S/C24H24N2O2/c1-28-21-12-5-10-19(16-21)22-13-6-14-23(25-22)20-11-7-15-26(17-20)24(27)18-8-3-2-4-9-18/h2-6,8-10,12-14,16,20H,7,11,15,17H2,1H3. The van der Waals surface area contributed by atoms with E-state index in [1.807, 2.05) is 65.6 Å². The summed E-state index contributed by atoms with van der Waals surface area (Å²) in [6, 6.07) is 23.6.